The second-order valence-electron chi connectivity index (χ2n) is 2.94. The van der Waals surface area contributed by atoms with Crippen LogP contribution in [0.5, 0.6) is 5.75 Å². The molecule has 0 fully saturated rings. The fourth-order valence-electron chi connectivity index (χ4n) is 0.841. The van der Waals surface area contributed by atoms with Crippen molar-refractivity contribution in [3.8, 4) is 5.75 Å². The van der Waals surface area contributed by atoms with Crippen molar-refractivity contribution in [2.24, 2.45) is 5.73 Å². The second kappa shape index (κ2) is 4.30. The molecule has 0 radical (unpaired) electrons. The van der Waals surface area contributed by atoms with Crippen LogP contribution in [0.4, 0.5) is 5.69 Å². The van der Waals surface area contributed by atoms with Crippen LogP contribution in [-0.2, 0) is 4.79 Å². The Labute approximate surface area is 86.7 Å². The van der Waals surface area contributed by atoms with Gasteiger partial charge in [0.15, 0.2) is 0 Å². The maximum absolute atomic E-state index is 11.2. The number of anilines is 1. The number of nitrogens with two attached hydrogens (primary N) is 1. The Morgan fingerprint density at radius 1 is 1.64 bits per heavy atom. The van der Waals surface area contributed by atoms with Crippen LogP contribution in [0.1, 0.15) is 6.92 Å². The number of rotatable bonds is 2. The van der Waals surface area contributed by atoms with Gasteiger partial charge in [-0.15, -0.1) is 0 Å². The van der Waals surface area contributed by atoms with E-state index in [1.165, 1.54) is 12.1 Å². The number of carbonyl (C=O) groups is 1. The largest absolute Gasteiger partial charge is 0.506 e. The summed E-state index contributed by atoms with van der Waals surface area (Å²) in [4.78, 5) is 11.2. The van der Waals surface area contributed by atoms with Gasteiger partial charge in [-0.05, 0) is 25.1 Å². The van der Waals surface area contributed by atoms with Gasteiger partial charge >= 0.3 is 0 Å². The van der Waals surface area contributed by atoms with Gasteiger partial charge in [-0.25, -0.2) is 0 Å². The summed E-state index contributed by atoms with van der Waals surface area (Å²) in [6, 6.07) is 3.82. The average Bonchev–Trinajstić information content (AvgIpc) is 2.11. The van der Waals surface area contributed by atoms with Crippen LogP contribution in [0.25, 0.3) is 0 Å². The van der Waals surface area contributed by atoms with Gasteiger partial charge in [-0.2, -0.15) is 0 Å². The predicted octanol–water partition coefficient (Wildman–Crippen LogP) is 1.33. The zero-order chi connectivity index (χ0) is 10.7. The molecule has 14 heavy (non-hydrogen) atoms. The molecule has 1 aromatic rings. The molecule has 0 spiro atoms. The molecule has 0 heterocycles. The van der Waals surface area contributed by atoms with E-state index >= 15 is 0 Å². The minimum Gasteiger partial charge on any atom is -0.506 e. The van der Waals surface area contributed by atoms with E-state index < -0.39 is 6.04 Å². The molecule has 1 aromatic carbocycles. The number of amides is 1. The fraction of sp³-hybridized carbons (Fsp3) is 0.222. The topological polar surface area (TPSA) is 75.4 Å². The molecule has 4 nitrogen and oxygen atoms in total. The molecule has 76 valence electrons. The summed E-state index contributed by atoms with van der Waals surface area (Å²) < 4.78 is 0. The summed E-state index contributed by atoms with van der Waals surface area (Å²) in [6.45, 7) is 1.58. The Hall–Kier alpha value is -1.26. The normalized spacial score (nSPS) is 12.2. The zero-order valence-corrected chi connectivity index (χ0v) is 8.38. The van der Waals surface area contributed by atoms with Gasteiger partial charge in [0, 0.05) is 5.69 Å². The average molecular weight is 215 g/mol. The summed E-state index contributed by atoms with van der Waals surface area (Å²) >= 11 is 5.64. The van der Waals surface area contributed by atoms with Crippen molar-refractivity contribution >= 4 is 23.2 Å². The first kappa shape index (κ1) is 10.8. The van der Waals surface area contributed by atoms with Crippen LogP contribution in [0, 0.1) is 0 Å². The molecule has 5 heteroatoms. The van der Waals surface area contributed by atoms with E-state index in [0.29, 0.717) is 5.69 Å². The molecule has 0 aliphatic heterocycles. The second-order valence-corrected chi connectivity index (χ2v) is 3.35. The van der Waals surface area contributed by atoms with Crippen LogP contribution in [0.2, 0.25) is 5.02 Å². The first-order valence-corrected chi connectivity index (χ1v) is 4.43. The quantitative estimate of drug-likeness (QED) is 0.651. The van der Waals surface area contributed by atoms with Crippen molar-refractivity contribution < 1.29 is 9.90 Å². The predicted molar refractivity (Wildman–Crippen MR) is 55.4 cm³/mol. The fourth-order valence-corrected chi connectivity index (χ4v) is 1.02. The van der Waals surface area contributed by atoms with Crippen molar-refractivity contribution in [3.63, 3.8) is 0 Å². The van der Waals surface area contributed by atoms with Crippen molar-refractivity contribution in [2.45, 2.75) is 13.0 Å². The lowest BCUT2D eigenvalue weighted by molar-refractivity contribution is -0.117. The van der Waals surface area contributed by atoms with Gasteiger partial charge < -0.3 is 16.2 Å². The van der Waals surface area contributed by atoms with Crippen molar-refractivity contribution in [3.05, 3.63) is 23.2 Å². The molecule has 4 N–H and O–H groups in total. The van der Waals surface area contributed by atoms with Crippen LogP contribution < -0.4 is 11.1 Å². The number of phenols is 1. The lowest BCUT2D eigenvalue weighted by Crippen LogP contribution is -2.32. The van der Waals surface area contributed by atoms with Crippen LogP contribution in [0.3, 0.4) is 0 Å². The highest BCUT2D eigenvalue weighted by Crippen LogP contribution is 2.25. The number of hydrogen-bond acceptors (Lipinski definition) is 3. The molecule has 0 saturated heterocycles. The van der Waals surface area contributed by atoms with Gasteiger partial charge in [0.25, 0.3) is 0 Å². The number of phenolic OH excluding ortho intramolecular Hbond substituents is 1. The molecule has 0 aliphatic carbocycles. The van der Waals surface area contributed by atoms with Gasteiger partial charge in [0.1, 0.15) is 5.75 Å². The number of aromatic hydroxyl groups is 1. The Morgan fingerprint density at radius 3 is 2.79 bits per heavy atom. The molecule has 0 aliphatic rings. The Balaban J connectivity index is 2.78. The Morgan fingerprint density at radius 2 is 2.29 bits per heavy atom. The lowest BCUT2D eigenvalue weighted by atomic mass is 10.2. The summed E-state index contributed by atoms with van der Waals surface area (Å²) in [7, 11) is 0. The maximum Gasteiger partial charge on any atom is 0.240 e. The highest BCUT2D eigenvalue weighted by Gasteiger charge is 2.08. The first-order chi connectivity index (χ1) is 6.50. The number of carbonyl (C=O) groups excluding carboxylic acids is 1. The monoisotopic (exact) mass is 214 g/mol. The molecular formula is C9H11ClN2O2. The maximum atomic E-state index is 11.2. The number of halogens is 1. The van der Waals surface area contributed by atoms with Gasteiger partial charge in [0.2, 0.25) is 5.91 Å². The summed E-state index contributed by atoms with van der Waals surface area (Å²) in [5.74, 6) is -0.322. The summed E-state index contributed by atoms with van der Waals surface area (Å²) in [5, 5.41) is 11.9. The molecule has 0 unspecified atom stereocenters. The number of hydrogen-bond donors (Lipinski definition) is 3. The molecule has 1 atom stereocenters. The first-order valence-electron chi connectivity index (χ1n) is 4.05. The SMILES string of the molecule is C[C@@H](N)C(=O)Nc1ccc(O)c(Cl)c1. The minimum absolute atomic E-state index is 0.0227. The highest BCUT2D eigenvalue weighted by atomic mass is 35.5. The molecule has 1 rings (SSSR count). The van der Waals surface area contributed by atoms with E-state index in [4.69, 9.17) is 22.4 Å². The third-order valence-electron chi connectivity index (χ3n) is 1.63. The third kappa shape index (κ3) is 2.61. The van der Waals surface area contributed by atoms with Gasteiger partial charge in [-0.3, -0.25) is 4.79 Å². The standard InChI is InChI=1S/C9H11ClN2O2/c1-5(11)9(14)12-6-2-3-8(13)7(10)4-6/h2-5,13H,11H2,1H3,(H,12,14)/t5-/m1/s1. The Bertz CT molecular complexity index is 353. The van der Waals surface area contributed by atoms with Crippen molar-refractivity contribution in [1.29, 1.82) is 0 Å². The lowest BCUT2D eigenvalue weighted by Gasteiger charge is -2.08. The molecule has 0 aromatic heterocycles. The molecule has 1 amide bonds. The van der Waals surface area contributed by atoms with Crippen molar-refractivity contribution in [2.75, 3.05) is 5.32 Å². The molecule has 0 saturated carbocycles. The van der Waals surface area contributed by atoms with Crippen LogP contribution in [-0.4, -0.2) is 17.1 Å². The smallest absolute Gasteiger partial charge is 0.240 e. The Kier molecular flexibility index (Phi) is 3.33. The number of benzene rings is 1. The molecule has 0 bridgehead atoms. The van der Waals surface area contributed by atoms with E-state index in [9.17, 15) is 4.79 Å². The molecular weight excluding hydrogens is 204 g/mol. The van der Waals surface area contributed by atoms with Gasteiger partial charge in [0.05, 0.1) is 11.1 Å². The zero-order valence-electron chi connectivity index (χ0n) is 7.62. The number of nitrogens with one attached hydrogen (secondary N) is 1. The summed E-state index contributed by atoms with van der Waals surface area (Å²) in [6.07, 6.45) is 0. The summed E-state index contributed by atoms with van der Waals surface area (Å²) in [5.41, 5.74) is 5.87. The van der Waals surface area contributed by atoms with E-state index in [1.807, 2.05) is 0 Å². The highest BCUT2D eigenvalue weighted by molar-refractivity contribution is 6.32. The van der Waals surface area contributed by atoms with Crippen LogP contribution in [0.15, 0.2) is 18.2 Å². The minimum atomic E-state index is -0.581. The van der Waals surface area contributed by atoms with Crippen molar-refractivity contribution in [1.82, 2.24) is 0 Å². The van der Waals surface area contributed by atoms with E-state index in [-0.39, 0.29) is 16.7 Å². The third-order valence-corrected chi connectivity index (χ3v) is 1.93. The van der Waals surface area contributed by atoms with E-state index in [0.717, 1.165) is 0 Å². The van der Waals surface area contributed by atoms with Crippen LogP contribution >= 0.6 is 11.6 Å². The van der Waals surface area contributed by atoms with Gasteiger partial charge in [-0.1, -0.05) is 11.6 Å². The van der Waals surface area contributed by atoms with E-state index in [2.05, 4.69) is 5.32 Å². The van der Waals surface area contributed by atoms with E-state index in [1.54, 1.807) is 13.0 Å².